The summed E-state index contributed by atoms with van der Waals surface area (Å²) in [5.74, 6) is 2.35. The number of pyridine rings is 1. The van der Waals surface area contributed by atoms with Gasteiger partial charge in [-0.1, -0.05) is 0 Å². The van der Waals surface area contributed by atoms with Crippen LogP contribution in [0.25, 0.3) is 0 Å². The van der Waals surface area contributed by atoms with Crippen molar-refractivity contribution in [3.8, 4) is 5.88 Å². The van der Waals surface area contributed by atoms with Gasteiger partial charge in [-0.3, -0.25) is 9.59 Å². The average Bonchev–Trinajstić information content (AvgIpc) is 3.28. The van der Waals surface area contributed by atoms with Gasteiger partial charge in [0, 0.05) is 87.3 Å². The quantitative estimate of drug-likeness (QED) is 0.597. The molecule has 4 fully saturated rings. The van der Waals surface area contributed by atoms with E-state index in [0.717, 1.165) is 63.4 Å². The standard InChI is InChI=1S/C26H34N6O4/c33-25(4-3-22-11-27-30-29-22)31-12-20-14-32(15-21(20)13-31)26(34)19-9-23(18-1-2-18)28-24(10-19)36-16-17-5-7-35-8-6-17/h9-11,17-18,20-21H,1-8,12-16H2,(H,27,29,30). The highest BCUT2D eigenvalue weighted by atomic mass is 16.5. The number of nitrogens with zero attached hydrogens (tertiary/aromatic N) is 5. The minimum atomic E-state index is 0.0496. The molecule has 10 nitrogen and oxygen atoms in total. The van der Waals surface area contributed by atoms with Crippen molar-refractivity contribution in [1.82, 2.24) is 30.2 Å². The lowest BCUT2D eigenvalue weighted by atomic mass is 10.0. The Kier molecular flexibility index (Phi) is 6.60. The van der Waals surface area contributed by atoms with Gasteiger partial charge in [0.05, 0.1) is 18.5 Å². The van der Waals surface area contributed by atoms with E-state index in [4.69, 9.17) is 14.5 Å². The molecule has 2 amide bonds. The lowest BCUT2D eigenvalue weighted by molar-refractivity contribution is -0.130. The number of aromatic amines is 1. The summed E-state index contributed by atoms with van der Waals surface area (Å²) in [6, 6.07) is 3.79. The molecule has 3 saturated heterocycles. The molecule has 3 aliphatic heterocycles. The molecule has 2 unspecified atom stereocenters. The molecular formula is C26H34N6O4. The van der Waals surface area contributed by atoms with Crippen molar-refractivity contribution >= 4 is 11.8 Å². The van der Waals surface area contributed by atoms with Gasteiger partial charge in [0.1, 0.15) is 0 Å². The van der Waals surface area contributed by atoms with E-state index >= 15 is 0 Å². The number of likely N-dealkylation sites (tertiary alicyclic amines) is 2. The number of nitrogens with one attached hydrogen (secondary N) is 1. The van der Waals surface area contributed by atoms with Crippen LogP contribution in [0.4, 0.5) is 0 Å². The van der Waals surface area contributed by atoms with Crippen LogP contribution in [0.5, 0.6) is 5.88 Å². The molecule has 1 aliphatic carbocycles. The highest BCUT2D eigenvalue weighted by Crippen LogP contribution is 2.40. The van der Waals surface area contributed by atoms with Crippen LogP contribution < -0.4 is 4.74 Å². The Morgan fingerprint density at radius 3 is 2.47 bits per heavy atom. The van der Waals surface area contributed by atoms with Gasteiger partial charge < -0.3 is 19.3 Å². The third-order valence-electron chi connectivity index (χ3n) is 8.06. The van der Waals surface area contributed by atoms with Gasteiger partial charge in [0.2, 0.25) is 11.8 Å². The number of hydrogen-bond acceptors (Lipinski definition) is 7. The molecule has 1 N–H and O–H groups in total. The minimum absolute atomic E-state index is 0.0496. The summed E-state index contributed by atoms with van der Waals surface area (Å²) in [6.45, 7) is 5.01. The third kappa shape index (κ3) is 5.23. The maximum absolute atomic E-state index is 13.5. The number of ether oxygens (including phenoxy) is 2. The van der Waals surface area contributed by atoms with E-state index in [1.54, 1.807) is 6.20 Å². The molecule has 1 saturated carbocycles. The average molecular weight is 495 g/mol. The fraction of sp³-hybridized carbons (Fsp3) is 0.654. The van der Waals surface area contributed by atoms with Gasteiger partial charge in [-0.15, -0.1) is 0 Å². The molecule has 2 aromatic heterocycles. The highest BCUT2D eigenvalue weighted by Gasteiger charge is 2.43. The van der Waals surface area contributed by atoms with Gasteiger partial charge in [-0.2, -0.15) is 15.4 Å². The lowest BCUT2D eigenvalue weighted by Gasteiger charge is -2.23. The summed E-state index contributed by atoms with van der Waals surface area (Å²) in [5, 5.41) is 10.4. The molecule has 6 rings (SSSR count). The van der Waals surface area contributed by atoms with E-state index in [9.17, 15) is 9.59 Å². The molecule has 0 spiro atoms. The Labute approximate surface area is 210 Å². The first-order chi connectivity index (χ1) is 17.6. The summed E-state index contributed by atoms with van der Waals surface area (Å²) in [4.78, 5) is 34.8. The number of amides is 2. The number of fused-ring (bicyclic) bond motifs is 1. The fourth-order valence-electron chi connectivity index (χ4n) is 5.71. The topological polar surface area (TPSA) is 114 Å². The Morgan fingerprint density at radius 1 is 1.03 bits per heavy atom. The zero-order chi connectivity index (χ0) is 24.5. The van der Waals surface area contributed by atoms with Gasteiger partial charge in [-0.25, -0.2) is 4.98 Å². The predicted octanol–water partition coefficient (Wildman–Crippen LogP) is 2.05. The van der Waals surface area contributed by atoms with Crippen molar-refractivity contribution in [1.29, 1.82) is 0 Å². The highest BCUT2D eigenvalue weighted by molar-refractivity contribution is 5.95. The van der Waals surface area contributed by atoms with Gasteiger partial charge in [0.15, 0.2) is 0 Å². The molecule has 36 heavy (non-hydrogen) atoms. The molecule has 0 bridgehead atoms. The van der Waals surface area contributed by atoms with Crippen LogP contribution in [0.2, 0.25) is 0 Å². The first kappa shape index (κ1) is 23.4. The summed E-state index contributed by atoms with van der Waals surface area (Å²) in [6.07, 6.45) is 6.94. The second-order valence-corrected chi connectivity index (χ2v) is 10.8. The molecule has 192 valence electrons. The van der Waals surface area contributed by atoms with E-state index in [-0.39, 0.29) is 11.8 Å². The van der Waals surface area contributed by atoms with Crippen molar-refractivity contribution in [3.63, 3.8) is 0 Å². The smallest absolute Gasteiger partial charge is 0.254 e. The summed E-state index contributed by atoms with van der Waals surface area (Å²) < 4.78 is 11.5. The van der Waals surface area contributed by atoms with Gasteiger partial charge in [0.25, 0.3) is 5.91 Å². The number of aryl methyl sites for hydroxylation is 1. The maximum atomic E-state index is 13.5. The molecular weight excluding hydrogens is 460 g/mol. The fourth-order valence-corrected chi connectivity index (χ4v) is 5.71. The van der Waals surface area contributed by atoms with Crippen LogP contribution in [-0.2, 0) is 16.0 Å². The van der Waals surface area contributed by atoms with E-state index in [1.807, 2.05) is 21.9 Å². The monoisotopic (exact) mass is 494 g/mol. The second-order valence-electron chi connectivity index (χ2n) is 10.8. The zero-order valence-electron chi connectivity index (χ0n) is 20.6. The molecule has 2 aromatic rings. The number of rotatable bonds is 8. The van der Waals surface area contributed by atoms with E-state index in [1.165, 1.54) is 0 Å². The van der Waals surface area contributed by atoms with Crippen LogP contribution in [0, 0.1) is 17.8 Å². The predicted molar refractivity (Wildman–Crippen MR) is 129 cm³/mol. The Balaban J connectivity index is 1.06. The largest absolute Gasteiger partial charge is 0.477 e. The summed E-state index contributed by atoms with van der Waals surface area (Å²) in [5.41, 5.74) is 2.46. The third-order valence-corrected chi connectivity index (χ3v) is 8.06. The van der Waals surface area contributed by atoms with Crippen molar-refractivity contribution < 1.29 is 19.1 Å². The molecule has 2 atom stereocenters. The molecule has 10 heteroatoms. The summed E-state index contributed by atoms with van der Waals surface area (Å²) >= 11 is 0. The molecule has 0 aromatic carbocycles. The minimum Gasteiger partial charge on any atom is -0.477 e. The zero-order valence-corrected chi connectivity index (χ0v) is 20.6. The van der Waals surface area contributed by atoms with Crippen LogP contribution in [0.3, 0.4) is 0 Å². The second kappa shape index (κ2) is 10.2. The number of carbonyl (C=O) groups is 2. The van der Waals surface area contributed by atoms with Crippen molar-refractivity contribution in [2.45, 2.75) is 44.4 Å². The number of H-pyrrole nitrogens is 1. The van der Waals surface area contributed by atoms with E-state index < -0.39 is 0 Å². The SMILES string of the molecule is O=C(CCc1cn[nH]n1)N1CC2CN(C(=O)c3cc(OCC4CCOCC4)nc(C4CC4)c3)CC2C1. The van der Waals surface area contributed by atoms with Crippen LogP contribution >= 0.6 is 0 Å². The van der Waals surface area contributed by atoms with Crippen LogP contribution in [-0.4, -0.2) is 88.0 Å². The Morgan fingerprint density at radius 2 is 1.78 bits per heavy atom. The normalized spacial score (nSPS) is 24.2. The molecule has 5 heterocycles. The van der Waals surface area contributed by atoms with Gasteiger partial charge >= 0.3 is 0 Å². The van der Waals surface area contributed by atoms with Crippen molar-refractivity contribution in [2.24, 2.45) is 17.8 Å². The van der Waals surface area contributed by atoms with Crippen molar-refractivity contribution in [2.75, 3.05) is 46.0 Å². The van der Waals surface area contributed by atoms with Gasteiger partial charge in [-0.05, 0) is 37.7 Å². The number of carbonyl (C=O) groups excluding carboxylic acids is 2. The van der Waals surface area contributed by atoms with Crippen LogP contribution in [0.15, 0.2) is 18.3 Å². The summed E-state index contributed by atoms with van der Waals surface area (Å²) in [7, 11) is 0. The molecule has 4 aliphatic rings. The number of aromatic nitrogens is 4. The first-order valence-electron chi connectivity index (χ1n) is 13.3. The van der Waals surface area contributed by atoms with E-state index in [0.29, 0.717) is 67.7 Å². The molecule has 0 radical (unpaired) electrons. The van der Waals surface area contributed by atoms with Crippen LogP contribution in [0.1, 0.15) is 59.8 Å². The number of hydrogen-bond donors (Lipinski definition) is 1. The lowest BCUT2D eigenvalue weighted by Crippen LogP contribution is -2.35. The Bertz CT molecular complexity index is 1070. The van der Waals surface area contributed by atoms with Crippen molar-refractivity contribution in [3.05, 3.63) is 35.3 Å². The maximum Gasteiger partial charge on any atom is 0.254 e. The Hall–Kier alpha value is -3.01. The first-order valence-corrected chi connectivity index (χ1v) is 13.3. The van der Waals surface area contributed by atoms with E-state index in [2.05, 4.69) is 15.4 Å².